The van der Waals surface area contributed by atoms with Crippen LogP contribution in [0.3, 0.4) is 0 Å². The van der Waals surface area contributed by atoms with Crippen molar-refractivity contribution >= 4 is 29.2 Å². The third-order valence-electron chi connectivity index (χ3n) is 4.89. The highest BCUT2D eigenvalue weighted by atomic mass is 35.5. The Bertz CT molecular complexity index is 592. The second-order valence-electron chi connectivity index (χ2n) is 6.25. The fraction of sp³-hybridized carbons (Fsp3) is 0.588. The monoisotopic (exact) mass is 358 g/mol. The summed E-state index contributed by atoms with van der Waals surface area (Å²) in [5.41, 5.74) is -0.964. The van der Waals surface area contributed by atoms with Crippen molar-refractivity contribution in [3.05, 3.63) is 33.8 Å². The number of aliphatic carboxylic acids is 1. The van der Waals surface area contributed by atoms with Crippen molar-refractivity contribution < 1.29 is 19.4 Å². The van der Waals surface area contributed by atoms with Crippen molar-refractivity contribution in [2.45, 2.75) is 62.9 Å². The van der Waals surface area contributed by atoms with Crippen LogP contribution in [0.25, 0.3) is 0 Å². The first-order valence-corrected chi connectivity index (χ1v) is 8.75. The standard InChI is InChI=1S/C17H20Cl2O4/c1-2-17(15(20)21)14(13-11(18)7-6-8-12(13)19)22-16(23-17)9-4-3-5-10-16/h6-8,14H,2-5,9-10H2,1H3,(H,20,21)/t14-,17+/m1/s1. The molecule has 6 heteroatoms. The van der Waals surface area contributed by atoms with E-state index in [9.17, 15) is 9.90 Å². The van der Waals surface area contributed by atoms with E-state index in [0.717, 1.165) is 19.3 Å². The van der Waals surface area contributed by atoms with Crippen LogP contribution < -0.4 is 0 Å². The van der Waals surface area contributed by atoms with E-state index >= 15 is 0 Å². The van der Waals surface area contributed by atoms with Gasteiger partial charge in [-0.1, -0.05) is 42.6 Å². The van der Waals surface area contributed by atoms with Gasteiger partial charge in [0.25, 0.3) is 0 Å². The van der Waals surface area contributed by atoms with Gasteiger partial charge >= 0.3 is 5.97 Å². The molecule has 126 valence electrons. The lowest BCUT2D eigenvalue weighted by atomic mass is 9.88. The molecule has 23 heavy (non-hydrogen) atoms. The Morgan fingerprint density at radius 1 is 1.26 bits per heavy atom. The van der Waals surface area contributed by atoms with Gasteiger partial charge in [-0.3, -0.25) is 0 Å². The van der Waals surface area contributed by atoms with Gasteiger partial charge < -0.3 is 14.6 Å². The normalized spacial score (nSPS) is 29.8. The summed E-state index contributed by atoms with van der Waals surface area (Å²) in [6.45, 7) is 1.79. The third-order valence-corrected chi connectivity index (χ3v) is 5.55. The summed E-state index contributed by atoms with van der Waals surface area (Å²) in [4.78, 5) is 12.1. The second-order valence-corrected chi connectivity index (χ2v) is 7.07. The average Bonchev–Trinajstić information content (AvgIpc) is 2.83. The van der Waals surface area contributed by atoms with Gasteiger partial charge in [-0.25, -0.2) is 4.79 Å². The van der Waals surface area contributed by atoms with Crippen LogP contribution in [0.4, 0.5) is 0 Å². The Morgan fingerprint density at radius 3 is 2.39 bits per heavy atom. The molecule has 1 N–H and O–H groups in total. The number of hydrogen-bond donors (Lipinski definition) is 1. The summed E-state index contributed by atoms with van der Waals surface area (Å²) in [7, 11) is 0. The predicted octanol–water partition coefficient (Wildman–Crippen LogP) is 4.98. The smallest absolute Gasteiger partial charge is 0.339 e. The molecule has 0 aromatic heterocycles. The first-order valence-electron chi connectivity index (χ1n) is 7.99. The zero-order chi connectivity index (χ0) is 16.7. The summed E-state index contributed by atoms with van der Waals surface area (Å²) >= 11 is 12.6. The number of benzene rings is 1. The molecule has 1 aliphatic carbocycles. The highest BCUT2D eigenvalue weighted by Gasteiger charge is 2.61. The maximum Gasteiger partial charge on any atom is 0.339 e. The molecular formula is C17H20Cl2O4. The Kier molecular flexibility index (Phi) is 4.62. The van der Waals surface area contributed by atoms with Gasteiger partial charge in [0, 0.05) is 28.5 Å². The second kappa shape index (κ2) is 6.25. The summed E-state index contributed by atoms with van der Waals surface area (Å²) < 4.78 is 12.4. The van der Waals surface area contributed by atoms with E-state index in [-0.39, 0.29) is 6.42 Å². The molecule has 1 saturated heterocycles. The SMILES string of the molecule is CC[C@]1(C(=O)O)OC2(CCCCC2)O[C@@H]1c1c(Cl)cccc1Cl. The van der Waals surface area contributed by atoms with Crippen LogP contribution in [0.5, 0.6) is 0 Å². The van der Waals surface area contributed by atoms with Gasteiger partial charge in [0.2, 0.25) is 0 Å². The van der Waals surface area contributed by atoms with Crippen LogP contribution in [0.15, 0.2) is 18.2 Å². The Balaban J connectivity index is 2.10. The minimum absolute atomic E-state index is 0.274. The van der Waals surface area contributed by atoms with Crippen LogP contribution in [-0.2, 0) is 14.3 Å². The zero-order valence-electron chi connectivity index (χ0n) is 13.0. The van der Waals surface area contributed by atoms with Crippen LogP contribution in [0, 0.1) is 0 Å². The van der Waals surface area contributed by atoms with Gasteiger partial charge in [0.15, 0.2) is 11.4 Å². The van der Waals surface area contributed by atoms with Gasteiger partial charge in [0.1, 0.15) is 6.10 Å². The Hall–Kier alpha value is -0.810. The summed E-state index contributed by atoms with van der Waals surface area (Å²) in [6.07, 6.45) is 3.88. The number of carboxylic acids is 1. The minimum atomic E-state index is -1.47. The summed E-state index contributed by atoms with van der Waals surface area (Å²) in [5, 5.41) is 10.7. The van der Waals surface area contributed by atoms with Crippen molar-refractivity contribution in [2.75, 3.05) is 0 Å². The number of ether oxygens (including phenoxy) is 2. The van der Waals surface area contributed by atoms with Crippen molar-refractivity contribution in [3.63, 3.8) is 0 Å². The molecule has 2 aliphatic rings. The first-order chi connectivity index (χ1) is 10.9. The van der Waals surface area contributed by atoms with Crippen LogP contribution in [0.1, 0.15) is 57.1 Å². The molecule has 0 amide bonds. The van der Waals surface area contributed by atoms with Crippen molar-refractivity contribution in [2.24, 2.45) is 0 Å². The molecule has 1 heterocycles. The highest BCUT2D eigenvalue weighted by Crippen LogP contribution is 2.54. The zero-order valence-corrected chi connectivity index (χ0v) is 14.5. The number of hydrogen-bond acceptors (Lipinski definition) is 3. The van der Waals surface area contributed by atoms with Crippen LogP contribution in [-0.4, -0.2) is 22.5 Å². The van der Waals surface area contributed by atoms with Gasteiger partial charge in [0.05, 0.1) is 0 Å². The maximum atomic E-state index is 12.1. The van der Waals surface area contributed by atoms with E-state index in [1.165, 1.54) is 0 Å². The molecule has 0 radical (unpaired) electrons. The van der Waals surface area contributed by atoms with Crippen LogP contribution in [0.2, 0.25) is 10.0 Å². The number of carboxylic acid groups (broad SMARTS) is 1. The lowest BCUT2D eigenvalue weighted by Gasteiger charge is -2.33. The van der Waals surface area contributed by atoms with E-state index in [2.05, 4.69) is 0 Å². The molecule has 1 aliphatic heterocycles. The summed E-state index contributed by atoms with van der Waals surface area (Å²) in [5.74, 6) is -1.89. The van der Waals surface area contributed by atoms with E-state index in [4.69, 9.17) is 32.7 Å². The molecule has 1 spiro atoms. The van der Waals surface area contributed by atoms with E-state index < -0.39 is 23.5 Å². The van der Waals surface area contributed by atoms with E-state index in [1.54, 1.807) is 25.1 Å². The quantitative estimate of drug-likeness (QED) is 0.827. The average molecular weight is 359 g/mol. The minimum Gasteiger partial charge on any atom is -0.479 e. The molecule has 0 unspecified atom stereocenters. The maximum absolute atomic E-state index is 12.1. The third kappa shape index (κ3) is 2.76. The number of halogens is 2. The van der Waals surface area contributed by atoms with E-state index in [1.807, 2.05) is 0 Å². The van der Waals surface area contributed by atoms with Crippen molar-refractivity contribution in [3.8, 4) is 0 Å². The highest BCUT2D eigenvalue weighted by molar-refractivity contribution is 6.36. The first kappa shape index (κ1) is 17.0. The fourth-order valence-electron chi connectivity index (χ4n) is 3.65. The van der Waals surface area contributed by atoms with Crippen molar-refractivity contribution in [1.29, 1.82) is 0 Å². The molecule has 1 aromatic rings. The molecule has 0 bridgehead atoms. The topological polar surface area (TPSA) is 55.8 Å². The molecule has 1 saturated carbocycles. The van der Waals surface area contributed by atoms with Gasteiger partial charge in [-0.15, -0.1) is 0 Å². The molecule has 2 fully saturated rings. The van der Waals surface area contributed by atoms with Crippen LogP contribution >= 0.6 is 23.2 Å². The lowest BCUT2D eigenvalue weighted by molar-refractivity contribution is -0.214. The largest absolute Gasteiger partial charge is 0.479 e. The molecule has 3 rings (SSSR count). The molecule has 2 atom stereocenters. The van der Waals surface area contributed by atoms with Gasteiger partial charge in [-0.2, -0.15) is 0 Å². The molecule has 1 aromatic carbocycles. The Labute approximate surface area is 145 Å². The molecule has 4 nitrogen and oxygen atoms in total. The van der Waals surface area contributed by atoms with Crippen molar-refractivity contribution in [1.82, 2.24) is 0 Å². The number of rotatable bonds is 3. The lowest BCUT2D eigenvalue weighted by Crippen LogP contribution is -2.45. The molecular weight excluding hydrogens is 339 g/mol. The fourth-order valence-corrected chi connectivity index (χ4v) is 4.24. The predicted molar refractivity (Wildman–Crippen MR) is 87.8 cm³/mol. The van der Waals surface area contributed by atoms with Gasteiger partial charge in [-0.05, 0) is 31.4 Å². The number of carbonyl (C=O) groups is 1. The summed E-state index contributed by atoms with van der Waals surface area (Å²) in [6, 6.07) is 5.12. The Morgan fingerprint density at radius 2 is 1.87 bits per heavy atom. The van der Waals surface area contributed by atoms with E-state index in [0.29, 0.717) is 28.5 Å².